The third-order valence-corrected chi connectivity index (χ3v) is 5.33. The third kappa shape index (κ3) is 5.65. The Morgan fingerprint density at radius 2 is 1.91 bits per heavy atom. The standard InChI is InChI=1S/C24H22ClF3O4/c1-2-31-21-13-18(32-14-17-6-3-4-9-20(17)25)11-10-15(21)12-16-7-5-8-19(22(16)29)23(30)24(26,27)28/h3-4,6,9-13,29H,2,5,7-8,14H2,1H3. The molecule has 0 unspecified atom stereocenters. The second-order valence-corrected chi connectivity index (χ2v) is 7.60. The van der Waals surface area contributed by atoms with E-state index in [-0.39, 0.29) is 18.6 Å². The van der Waals surface area contributed by atoms with Crippen molar-refractivity contribution in [2.24, 2.45) is 0 Å². The minimum Gasteiger partial charge on any atom is -0.507 e. The number of ketones is 1. The summed E-state index contributed by atoms with van der Waals surface area (Å²) in [6.45, 7) is 2.40. The molecule has 0 heterocycles. The number of benzene rings is 2. The maximum absolute atomic E-state index is 12.8. The molecule has 32 heavy (non-hydrogen) atoms. The number of ether oxygens (including phenoxy) is 2. The smallest absolute Gasteiger partial charge is 0.454 e. The minimum atomic E-state index is -5.02. The van der Waals surface area contributed by atoms with E-state index >= 15 is 0 Å². The highest BCUT2D eigenvalue weighted by Gasteiger charge is 2.42. The van der Waals surface area contributed by atoms with E-state index in [9.17, 15) is 23.1 Å². The molecule has 0 aromatic heterocycles. The van der Waals surface area contributed by atoms with Crippen LogP contribution < -0.4 is 9.47 Å². The van der Waals surface area contributed by atoms with Gasteiger partial charge in [0, 0.05) is 27.8 Å². The molecule has 1 N–H and O–H groups in total. The van der Waals surface area contributed by atoms with Crippen molar-refractivity contribution < 1.29 is 32.5 Å². The van der Waals surface area contributed by atoms with E-state index in [0.29, 0.717) is 41.5 Å². The summed E-state index contributed by atoms with van der Waals surface area (Å²) < 4.78 is 50.0. The van der Waals surface area contributed by atoms with Gasteiger partial charge in [0.05, 0.1) is 6.61 Å². The van der Waals surface area contributed by atoms with E-state index in [2.05, 4.69) is 0 Å². The van der Waals surface area contributed by atoms with Gasteiger partial charge in [-0.15, -0.1) is 0 Å². The second-order valence-electron chi connectivity index (χ2n) is 7.19. The quantitative estimate of drug-likeness (QED) is 0.486. The minimum absolute atomic E-state index is 0.116. The zero-order valence-corrected chi connectivity index (χ0v) is 18.1. The van der Waals surface area contributed by atoms with Gasteiger partial charge in [0.2, 0.25) is 0 Å². The van der Waals surface area contributed by atoms with Gasteiger partial charge < -0.3 is 14.6 Å². The monoisotopic (exact) mass is 466 g/mol. The number of carbonyl (C=O) groups is 1. The first-order valence-corrected chi connectivity index (χ1v) is 10.5. The molecule has 0 atom stereocenters. The fourth-order valence-corrected chi connectivity index (χ4v) is 3.58. The fourth-order valence-electron chi connectivity index (χ4n) is 3.39. The average Bonchev–Trinajstić information content (AvgIpc) is 2.75. The molecular weight excluding hydrogens is 445 g/mol. The first-order valence-electron chi connectivity index (χ1n) is 10.1. The van der Waals surface area contributed by atoms with Crippen molar-refractivity contribution in [2.75, 3.05) is 6.61 Å². The Hall–Kier alpha value is -2.93. The van der Waals surface area contributed by atoms with Crippen molar-refractivity contribution in [1.29, 1.82) is 0 Å². The number of alkyl halides is 3. The third-order valence-electron chi connectivity index (χ3n) is 4.96. The number of halogens is 4. The molecular formula is C24H22ClF3O4. The molecule has 0 aliphatic heterocycles. The summed E-state index contributed by atoms with van der Waals surface area (Å²) in [4.78, 5) is 11.6. The summed E-state index contributed by atoms with van der Waals surface area (Å²) in [6.07, 6.45) is -2.93. The number of aliphatic hydroxyl groups is 1. The summed E-state index contributed by atoms with van der Waals surface area (Å²) in [6, 6.07) is 12.3. The van der Waals surface area contributed by atoms with Gasteiger partial charge in [-0.3, -0.25) is 4.79 Å². The molecule has 0 saturated heterocycles. The van der Waals surface area contributed by atoms with Crippen molar-refractivity contribution >= 4 is 23.5 Å². The first kappa shape index (κ1) is 23.7. The molecule has 8 heteroatoms. The predicted octanol–water partition coefficient (Wildman–Crippen LogP) is 6.83. The average molecular weight is 467 g/mol. The van der Waals surface area contributed by atoms with Gasteiger partial charge in [-0.25, -0.2) is 0 Å². The van der Waals surface area contributed by atoms with Crippen LogP contribution in [0.4, 0.5) is 13.2 Å². The van der Waals surface area contributed by atoms with Crippen LogP contribution in [0.15, 0.2) is 59.4 Å². The van der Waals surface area contributed by atoms with Gasteiger partial charge >= 0.3 is 6.18 Å². The van der Waals surface area contributed by atoms with E-state index in [1.165, 1.54) is 0 Å². The van der Waals surface area contributed by atoms with Crippen LogP contribution in [0.1, 0.15) is 37.3 Å². The largest absolute Gasteiger partial charge is 0.507 e. The summed E-state index contributed by atoms with van der Waals surface area (Å²) in [5, 5.41) is 10.9. The highest BCUT2D eigenvalue weighted by molar-refractivity contribution is 6.31. The number of aliphatic hydroxyl groups excluding tert-OH is 1. The van der Waals surface area contributed by atoms with Crippen LogP contribution in [0.25, 0.3) is 6.08 Å². The van der Waals surface area contributed by atoms with Gasteiger partial charge in [0.15, 0.2) is 0 Å². The van der Waals surface area contributed by atoms with E-state index < -0.39 is 23.3 Å². The number of allylic oxidation sites excluding steroid dienone is 2. The highest BCUT2D eigenvalue weighted by atomic mass is 35.5. The van der Waals surface area contributed by atoms with Gasteiger partial charge in [-0.05, 0) is 56.0 Å². The number of carbonyl (C=O) groups excluding carboxylic acids is 1. The highest BCUT2D eigenvalue weighted by Crippen LogP contribution is 2.36. The molecule has 4 nitrogen and oxygen atoms in total. The number of Topliss-reactive ketones (excluding diaryl/α,β-unsaturated/α-hetero) is 1. The van der Waals surface area contributed by atoms with Crippen molar-refractivity contribution in [2.45, 2.75) is 39.0 Å². The molecule has 2 aromatic carbocycles. The van der Waals surface area contributed by atoms with Gasteiger partial charge in [-0.2, -0.15) is 13.2 Å². The Morgan fingerprint density at radius 1 is 1.16 bits per heavy atom. The van der Waals surface area contributed by atoms with Crippen molar-refractivity contribution in [1.82, 2.24) is 0 Å². The van der Waals surface area contributed by atoms with Crippen molar-refractivity contribution in [3.05, 3.63) is 75.5 Å². The summed E-state index contributed by atoms with van der Waals surface area (Å²) >= 11 is 6.15. The van der Waals surface area contributed by atoms with Crippen LogP contribution in [-0.2, 0) is 11.4 Å². The number of hydrogen-bond donors (Lipinski definition) is 1. The zero-order chi connectivity index (χ0) is 23.3. The van der Waals surface area contributed by atoms with Gasteiger partial charge in [0.1, 0.15) is 23.9 Å². The van der Waals surface area contributed by atoms with Crippen LogP contribution in [0.2, 0.25) is 5.02 Å². The lowest BCUT2D eigenvalue weighted by molar-refractivity contribution is -0.167. The summed E-state index contributed by atoms with van der Waals surface area (Å²) in [5.41, 5.74) is 1.03. The Morgan fingerprint density at radius 3 is 2.59 bits per heavy atom. The first-order chi connectivity index (χ1) is 15.2. The SMILES string of the molecule is CCOc1cc(OCc2ccccc2Cl)ccc1C=C1CCCC(C(=O)C(F)(F)F)=C1O. The van der Waals surface area contributed by atoms with E-state index in [4.69, 9.17) is 21.1 Å². The van der Waals surface area contributed by atoms with Crippen LogP contribution >= 0.6 is 11.6 Å². The summed E-state index contributed by atoms with van der Waals surface area (Å²) in [7, 11) is 0. The number of hydrogen-bond acceptors (Lipinski definition) is 4. The van der Waals surface area contributed by atoms with Crippen molar-refractivity contribution in [3.8, 4) is 11.5 Å². The van der Waals surface area contributed by atoms with Crippen LogP contribution in [0.3, 0.4) is 0 Å². The Bertz CT molecular complexity index is 1060. The summed E-state index contributed by atoms with van der Waals surface area (Å²) in [5.74, 6) is -1.65. The lowest BCUT2D eigenvalue weighted by atomic mass is 9.89. The Kier molecular flexibility index (Phi) is 7.51. The molecule has 0 radical (unpaired) electrons. The van der Waals surface area contributed by atoms with Gasteiger partial charge in [0.25, 0.3) is 5.78 Å². The topological polar surface area (TPSA) is 55.8 Å². The van der Waals surface area contributed by atoms with Gasteiger partial charge in [-0.1, -0.05) is 29.8 Å². The molecule has 0 saturated carbocycles. The molecule has 1 aliphatic rings. The molecule has 0 bridgehead atoms. The molecule has 170 valence electrons. The number of rotatable bonds is 7. The van der Waals surface area contributed by atoms with Crippen LogP contribution in [-0.4, -0.2) is 23.7 Å². The Labute approximate surface area is 188 Å². The van der Waals surface area contributed by atoms with Crippen LogP contribution in [0.5, 0.6) is 11.5 Å². The molecule has 2 aromatic rings. The molecule has 3 rings (SSSR count). The van der Waals surface area contributed by atoms with E-state index in [1.54, 1.807) is 37.3 Å². The van der Waals surface area contributed by atoms with Crippen LogP contribution in [0, 0.1) is 0 Å². The Balaban J connectivity index is 1.88. The molecule has 0 amide bonds. The van der Waals surface area contributed by atoms with E-state index in [1.807, 2.05) is 18.2 Å². The maximum atomic E-state index is 12.8. The normalized spacial score (nSPS) is 15.7. The molecule has 1 aliphatic carbocycles. The van der Waals surface area contributed by atoms with E-state index in [0.717, 1.165) is 5.56 Å². The maximum Gasteiger partial charge on any atom is 0.454 e. The van der Waals surface area contributed by atoms with Crippen molar-refractivity contribution in [3.63, 3.8) is 0 Å². The second kappa shape index (κ2) is 10.1. The molecule has 0 spiro atoms. The predicted molar refractivity (Wildman–Crippen MR) is 116 cm³/mol. The lowest BCUT2D eigenvalue weighted by Crippen LogP contribution is -2.27. The fraction of sp³-hybridized carbons (Fsp3) is 0.292. The lowest BCUT2D eigenvalue weighted by Gasteiger charge is -2.20. The molecule has 0 fully saturated rings. The zero-order valence-electron chi connectivity index (χ0n) is 17.3.